The van der Waals surface area contributed by atoms with Gasteiger partial charge in [-0.15, -0.1) is 0 Å². The molecule has 1 N–H and O–H groups in total. The molecule has 2 atom stereocenters. The summed E-state index contributed by atoms with van der Waals surface area (Å²) in [5, 5.41) is 8.67. The van der Waals surface area contributed by atoms with Gasteiger partial charge < -0.3 is 10.1 Å². The summed E-state index contributed by atoms with van der Waals surface area (Å²) in [6, 6.07) is 12.2. The van der Waals surface area contributed by atoms with Gasteiger partial charge in [0.2, 0.25) is 5.91 Å². The Hall–Kier alpha value is -2.73. The fourth-order valence-corrected chi connectivity index (χ4v) is 3.80. The molecule has 3 heterocycles. The molecule has 0 bridgehead atoms. The second-order valence-corrected chi connectivity index (χ2v) is 7.25. The average molecular weight is 364 g/mol. The number of aryl methyl sites for hydroxylation is 2. The van der Waals surface area contributed by atoms with E-state index in [1.165, 1.54) is 10.9 Å². The minimum absolute atomic E-state index is 0.0152. The molecule has 1 fully saturated rings. The lowest BCUT2D eigenvalue weighted by molar-refractivity contribution is -0.122. The Balaban J connectivity index is 1.44. The van der Waals surface area contributed by atoms with E-state index in [0.29, 0.717) is 13.2 Å². The zero-order valence-electron chi connectivity index (χ0n) is 15.7. The van der Waals surface area contributed by atoms with Gasteiger partial charge in [0.1, 0.15) is 6.54 Å². The van der Waals surface area contributed by atoms with Crippen LogP contribution >= 0.6 is 0 Å². The van der Waals surface area contributed by atoms with Crippen molar-refractivity contribution in [2.24, 2.45) is 5.92 Å². The van der Waals surface area contributed by atoms with Crippen LogP contribution in [0.4, 0.5) is 0 Å². The van der Waals surface area contributed by atoms with Crippen LogP contribution in [0.25, 0.3) is 10.9 Å². The van der Waals surface area contributed by atoms with Gasteiger partial charge in [-0.25, -0.2) is 0 Å². The second kappa shape index (κ2) is 7.48. The molecule has 0 spiro atoms. The van der Waals surface area contributed by atoms with Crippen LogP contribution in [-0.4, -0.2) is 39.9 Å². The first-order valence-corrected chi connectivity index (χ1v) is 9.31. The van der Waals surface area contributed by atoms with Gasteiger partial charge in [-0.3, -0.25) is 14.5 Å². The molecule has 4 rings (SSSR count). The Bertz CT molecular complexity index is 960. The van der Waals surface area contributed by atoms with Crippen LogP contribution in [0.3, 0.4) is 0 Å². The Morgan fingerprint density at radius 3 is 2.93 bits per heavy atom. The molecule has 0 radical (unpaired) electrons. The van der Waals surface area contributed by atoms with E-state index in [1.807, 2.05) is 44.3 Å². The number of carbonyl (C=O) groups is 1. The zero-order valence-corrected chi connectivity index (χ0v) is 15.7. The number of ether oxygens (including phenoxy) is 1. The third-order valence-corrected chi connectivity index (χ3v) is 5.16. The molecular weight excluding hydrogens is 340 g/mol. The molecule has 1 aliphatic heterocycles. The lowest BCUT2D eigenvalue weighted by Gasteiger charge is -2.20. The fourth-order valence-electron chi connectivity index (χ4n) is 3.80. The summed E-state index contributed by atoms with van der Waals surface area (Å²) in [6.07, 6.45) is 2.71. The van der Waals surface area contributed by atoms with Crippen molar-refractivity contribution in [3.8, 4) is 0 Å². The smallest absolute Gasteiger partial charge is 0.242 e. The van der Waals surface area contributed by atoms with E-state index in [1.54, 1.807) is 4.68 Å². The van der Waals surface area contributed by atoms with Gasteiger partial charge >= 0.3 is 0 Å². The van der Waals surface area contributed by atoms with E-state index in [9.17, 15) is 4.79 Å². The van der Waals surface area contributed by atoms with Crippen LogP contribution in [0.15, 0.2) is 42.6 Å². The van der Waals surface area contributed by atoms with Crippen LogP contribution in [0, 0.1) is 19.8 Å². The Labute approximate surface area is 158 Å². The quantitative estimate of drug-likeness (QED) is 0.755. The van der Waals surface area contributed by atoms with Gasteiger partial charge in [-0.05, 0) is 44.0 Å². The molecule has 0 unspecified atom stereocenters. The number of aromatic nitrogens is 3. The number of pyridine rings is 1. The predicted octanol–water partition coefficient (Wildman–Crippen LogP) is 2.42. The molecule has 140 valence electrons. The number of hydrogen-bond acceptors (Lipinski definition) is 4. The predicted molar refractivity (Wildman–Crippen MR) is 103 cm³/mol. The van der Waals surface area contributed by atoms with Crippen molar-refractivity contribution >= 4 is 16.8 Å². The molecule has 1 saturated heterocycles. The van der Waals surface area contributed by atoms with Crippen molar-refractivity contribution in [3.05, 3.63) is 59.5 Å². The lowest BCUT2D eigenvalue weighted by Crippen LogP contribution is -2.42. The third-order valence-electron chi connectivity index (χ3n) is 5.16. The zero-order chi connectivity index (χ0) is 18.8. The first kappa shape index (κ1) is 17.7. The highest BCUT2D eigenvalue weighted by molar-refractivity contribution is 5.82. The standard InChI is InChI=1S/C21H24N4O2/c1-14-9-15(2)25(24-14)11-21(26)23-20-13-27-12-17(20)10-16-7-8-22-19-6-4-3-5-18(16)19/h3-9,17,20H,10-13H2,1-2H3,(H,23,26)/t17-,20-/m1/s1. The highest BCUT2D eigenvalue weighted by Gasteiger charge is 2.30. The van der Waals surface area contributed by atoms with Crippen LogP contribution < -0.4 is 5.32 Å². The maximum atomic E-state index is 12.5. The average Bonchev–Trinajstić information content (AvgIpc) is 3.21. The molecule has 6 nitrogen and oxygen atoms in total. The van der Waals surface area contributed by atoms with Crippen molar-refractivity contribution in [2.75, 3.05) is 13.2 Å². The number of fused-ring (bicyclic) bond motifs is 1. The number of amides is 1. The van der Waals surface area contributed by atoms with Crippen LogP contribution in [-0.2, 0) is 22.5 Å². The minimum atomic E-state index is -0.0266. The normalized spacial score (nSPS) is 19.5. The van der Waals surface area contributed by atoms with Gasteiger partial charge in [0, 0.05) is 23.2 Å². The summed E-state index contributed by atoms with van der Waals surface area (Å²) >= 11 is 0. The molecular formula is C21H24N4O2. The van der Waals surface area contributed by atoms with Crippen molar-refractivity contribution < 1.29 is 9.53 Å². The van der Waals surface area contributed by atoms with Gasteiger partial charge in [-0.2, -0.15) is 5.10 Å². The summed E-state index contributed by atoms with van der Waals surface area (Å²) in [4.78, 5) is 16.9. The first-order valence-electron chi connectivity index (χ1n) is 9.31. The molecule has 1 aromatic carbocycles. The summed E-state index contributed by atoms with van der Waals surface area (Å²) < 4.78 is 7.42. The van der Waals surface area contributed by atoms with Crippen molar-refractivity contribution in [1.82, 2.24) is 20.1 Å². The van der Waals surface area contributed by atoms with Gasteiger partial charge in [0.25, 0.3) is 0 Å². The van der Waals surface area contributed by atoms with Crippen LogP contribution in [0.1, 0.15) is 17.0 Å². The van der Waals surface area contributed by atoms with E-state index in [-0.39, 0.29) is 24.4 Å². The summed E-state index contributed by atoms with van der Waals surface area (Å²) in [7, 11) is 0. The molecule has 27 heavy (non-hydrogen) atoms. The maximum Gasteiger partial charge on any atom is 0.242 e. The number of nitrogens with zero attached hydrogens (tertiary/aromatic N) is 3. The number of nitrogens with one attached hydrogen (secondary N) is 1. The monoisotopic (exact) mass is 364 g/mol. The van der Waals surface area contributed by atoms with E-state index in [0.717, 1.165) is 23.3 Å². The topological polar surface area (TPSA) is 69.0 Å². The highest BCUT2D eigenvalue weighted by Crippen LogP contribution is 2.24. The van der Waals surface area contributed by atoms with Crippen LogP contribution in [0.5, 0.6) is 0 Å². The number of benzene rings is 1. The minimum Gasteiger partial charge on any atom is -0.379 e. The van der Waals surface area contributed by atoms with E-state index in [2.05, 4.69) is 27.5 Å². The maximum absolute atomic E-state index is 12.5. The molecule has 2 aromatic heterocycles. The molecule has 1 aliphatic rings. The Morgan fingerprint density at radius 1 is 1.26 bits per heavy atom. The van der Waals surface area contributed by atoms with Crippen molar-refractivity contribution in [1.29, 1.82) is 0 Å². The fraction of sp³-hybridized carbons (Fsp3) is 0.381. The molecule has 3 aromatic rings. The number of carbonyl (C=O) groups excluding carboxylic acids is 1. The van der Waals surface area contributed by atoms with E-state index < -0.39 is 0 Å². The molecule has 0 saturated carbocycles. The second-order valence-electron chi connectivity index (χ2n) is 7.25. The van der Waals surface area contributed by atoms with E-state index in [4.69, 9.17) is 4.74 Å². The largest absolute Gasteiger partial charge is 0.379 e. The lowest BCUT2D eigenvalue weighted by atomic mass is 9.93. The number of rotatable bonds is 5. The van der Waals surface area contributed by atoms with Crippen molar-refractivity contribution in [2.45, 2.75) is 32.9 Å². The summed E-state index contributed by atoms with van der Waals surface area (Å²) in [6.45, 7) is 5.34. The van der Waals surface area contributed by atoms with Gasteiger partial charge in [-0.1, -0.05) is 18.2 Å². The first-order chi connectivity index (χ1) is 13.1. The molecule has 6 heteroatoms. The Morgan fingerprint density at radius 2 is 2.11 bits per heavy atom. The van der Waals surface area contributed by atoms with Crippen molar-refractivity contribution in [3.63, 3.8) is 0 Å². The number of para-hydroxylation sites is 1. The molecule has 1 amide bonds. The third kappa shape index (κ3) is 3.85. The van der Waals surface area contributed by atoms with Crippen LogP contribution in [0.2, 0.25) is 0 Å². The highest BCUT2D eigenvalue weighted by atomic mass is 16.5. The van der Waals surface area contributed by atoms with Gasteiger partial charge in [0.05, 0.1) is 30.5 Å². The SMILES string of the molecule is Cc1cc(C)n(CC(=O)N[C@@H]2COC[C@H]2Cc2ccnc3ccccc23)n1. The summed E-state index contributed by atoms with van der Waals surface area (Å²) in [5.74, 6) is 0.224. The summed E-state index contributed by atoms with van der Waals surface area (Å²) in [5.41, 5.74) is 4.16. The van der Waals surface area contributed by atoms with Gasteiger partial charge in [0.15, 0.2) is 0 Å². The van der Waals surface area contributed by atoms with E-state index >= 15 is 0 Å². The molecule has 0 aliphatic carbocycles. The number of hydrogen-bond donors (Lipinski definition) is 1. The Kier molecular flexibility index (Phi) is 4.90.